The molecule has 1 heterocycles. The summed E-state index contributed by atoms with van der Waals surface area (Å²) >= 11 is 2.09. The number of thioether (sulfide) groups is 1. The van der Waals surface area contributed by atoms with Crippen LogP contribution in [-0.4, -0.2) is 61.6 Å². The number of aliphatic imine (C=N–C) groups is 1. The van der Waals surface area contributed by atoms with Gasteiger partial charge in [0.25, 0.3) is 0 Å². The van der Waals surface area contributed by atoms with Crippen LogP contribution in [0.5, 0.6) is 0 Å². The third-order valence-corrected chi connectivity index (χ3v) is 5.53. The first-order chi connectivity index (χ1) is 9.70. The molecule has 4 nitrogen and oxygen atoms in total. The molecule has 2 fully saturated rings. The van der Waals surface area contributed by atoms with Crippen molar-refractivity contribution in [2.45, 2.75) is 43.9 Å². The molecule has 0 spiro atoms. The largest absolute Gasteiger partial charge is 0.357 e. The van der Waals surface area contributed by atoms with E-state index in [4.69, 9.17) is 4.99 Å². The topological polar surface area (TPSA) is 39.7 Å². The van der Waals surface area contributed by atoms with E-state index in [9.17, 15) is 0 Å². The van der Waals surface area contributed by atoms with Crippen molar-refractivity contribution in [2.75, 3.05) is 39.5 Å². The summed E-state index contributed by atoms with van der Waals surface area (Å²) < 4.78 is 0. The van der Waals surface area contributed by atoms with Crippen LogP contribution in [0.1, 0.15) is 32.6 Å². The molecule has 124 valence electrons. The number of rotatable bonds is 7. The lowest BCUT2D eigenvalue weighted by atomic mass is 10.2. The fourth-order valence-electron chi connectivity index (χ4n) is 2.76. The number of nitrogens with zero attached hydrogens (tertiary/aromatic N) is 2. The third-order valence-electron chi connectivity index (χ3n) is 4.13. The molecule has 0 aromatic rings. The van der Waals surface area contributed by atoms with Crippen molar-refractivity contribution in [2.24, 2.45) is 10.9 Å². The molecule has 6 heteroatoms. The molecule has 1 aliphatic carbocycles. The van der Waals surface area contributed by atoms with Gasteiger partial charge in [0, 0.05) is 24.4 Å². The van der Waals surface area contributed by atoms with E-state index >= 15 is 0 Å². The van der Waals surface area contributed by atoms with Crippen LogP contribution in [0.25, 0.3) is 0 Å². The molecule has 0 aromatic carbocycles. The maximum absolute atomic E-state index is 4.80. The van der Waals surface area contributed by atoms with Gasteiger partial charge in [-0.25, -0.2) is 0 Å². The van der Waals surface area contributed by atoms with Gasteiger partial charge < -0.3 is 15.5 Å². The zero-order chi connectivity index (χ0) is 14.4. The van der Waals surface area contributed by atoms with Crippen LogP contribution in [0.3, 0.4) is 0 Å². The van der Waals surface area contributed by atoms with Gasteiger partial charge in [-0.2, -0.15) is 11.8 Å². The number of guanidine groups is 1. The maximum atomic E-state index is 4.80. The fraction of sp³-hybridized carbons (Fsp3) is 0.933. The van der Waals surface area contributed by atoms with E-state index in [0.717, 1.165) is 36.8 Å². The van der Waals surface area contributed by atoms with Gasteiger partial charge in [-0.1, -0.05) is 0 Å². The summed E-state index contributed by atoms with van der Waals surface area (Å²) in [6, 6.07) is 0.603. The van der Waals surface area contributed by atoms with Gasteiger partial charge >= 0.3 is 0 Å². The average molecular weight is 426 g/mol. The minimum atomic E-state index is 0. The fourth-order valence-corrected chi connectivity index (χ4v) is 3.96. The molecule has 0 amide bonds. The standard InChI is InChI=1S/C15H30N4S.HI/c1-4-16-15(17-10-13-6-5-9-20-13)18-11-14(19(2)3)12-7-8-12;/h12-14H,4-11H2,1-3H3,(H2,16,17,18);1H. The quantitative estimate of drug-likeness (QED) is 0.373. The summed E-state index contributed by atoms with van der Waals surface area (Å²) in [5.74, 6) is 3.18. The van der Waals surface area contributed by atoms with Crippen LogP contribution in [-0.2, 0) is 0 Å². The first-order valence-electron chi connectivity index (χ1n) is 8.01. The minimum absolute atomic E-state index is 0. The van der Waals surface area contributed by atoms with Gasteiger partial charge in [0.05, 0.1) is 6.54 Å². The lowest BCUT2D eigenvalue weighted by Crippen LogP contribution is -2.41. The summed E-state index contributed by atoms with van der Waals surface area (Å²) in [5, 5.41) is 7.66. The second kappa shape index (κ2) is 10.2. The van der Waals surface area contributed by atoms with Gasteiger partial charge in [0.1, 0.15) is 0 Å². The normalized spacial score (nSPS) is 23.8. The Labute approximate surface area is 151 Å². The highest BCUT2D eigenvalue weighted by atomic mass is 127. The molecule has 1 saturated carbocycles. The van der Waals surface area contributed by atoms with Gasteiger partial charge in [-0.05, 0) is 58.4 Å². The van der Waals surface area contributed by atoms with E-state index in [1.807, 2.05) is 0 Å². The van der Waals surface area contributed by atoms with Crippen molar-refractivity contribution in [3.05, 3.63) is 0 Å². The SMILES string of the molecule is CCNC(=NCC(C1CC1)N(C)C)NCC1CCCS1.I. The van der Waals surface area contributed by atoms with E-state index in [0.29, 0.717) is 6.04 Å². The number of hydrogen-bond acceptors (Lipinski definition) is 3. The molecule has 0 radical (unpaired) electrons. The molecule has 0 aromatic heterocycles. The van der Waals surface area contributed by atoms with Gasteiger partial charge in [0.2, 0.25) is 0 Å². The Morgan fingerprint density at radius 2 is 2.05 bits per heavy atom. The monoisotopic (exact) mass is 426 g/mol. The van der Waals surface area contributed by atoms with Crippen molar-refractivity contribution in [3.63, 3.8) is 0 Å². The summed E-state index contributed by atoms with van der Waals surface area (Å²) in [5.41, 5.74) is 0. The summed E-state index contributed by atoms with van der Waals surface area (Å²) in [6.45, 7) is 5.02. The van der Waals surface area contributed by atoms with Crippen LogP contribution in [0, 0.1) is 5.92 Å². The Hall–Kier alpha value is 0.310. The lowest BCUT2D eigenvalue weighted by molar-refractivity contribution is 0.271. The number of nitrogens with one attached hydrogen (secondary N) is 2. The third kappa shape index (κ3) is 6.95. The zero-order valence-corrected chi connectivity index (χ0v) is 16.7. The van der Waals surface area contributed by atoms with E-state index in [-0.39, 0.29) is 24.0 Å². The Morgan fingerprint density at radius 1 is 1.29 bits per heavy atom. The smallest absolute Gasteiger partial charge is 0.191 e. The molecule has 2 N–H and O–H groups in total. The predicted octanol–water partition coefficient (Wildman–Crippen LogP) is 2.40. The molecule has 0 bridgehead atoms. The van der Waals surface area contributed by atoms with Gasteiger partial charge in [0.15, 0.2) is 5.96 Å². The summed E-state index contributed by atoms with van der Waals surface area (Å²) in [4.78, 5) is 7.13. The van der Waals surface area contributed by atoms with Crippen molar-refractivity contribution in [3.8, 4) is 0 Å². The summed E-state index contributed by atoms with van der Waals surface area (Å²) in [6.07, 6.45) is 5.47. The maximum Gasteiger partial charge on any atom is 0.191 e. The van der Waals surface area contributed by atoms with Crippen molar-refractivity contribution < 1.29 is 0 Å². The molecular weight excluding hydrogens is 395 g/mol. The highest BCUT2D eigenvalue weighted by molar-refractivity contribution is 14.0. The first-order valence-corrected chi connectivity index (χ1v) is 9.05. The Morgan fingerprint density at radius 3 is 2.57 bits per heavy atom. The number of hydrogen-bond donors (Lipinski definition) is 2. The van der Waals surface area contributed by atoms with Crippen molar-refractivity contribution in [1.29, 1.82) is 0 Å². The van der Waals surface area contributed by atoms with E-state index in [2.05, 4.69) is 48.3 Å². The summed E-state index contributed by atoms with van der Waals surface area (Å²) in [7, 11) is 4.35. The van der Waals surface area contributed by atoms with E-state index in [1.54, 1.807) is 0 Å². The average Bonchev–Trinajstić information content (AvgIpc) is 3.11. The Kier molecular flexibility index (Phi) is 9.36. The zero-order valence-electron chi connectivity index (χ0n) is 13.6. The van der Waals surface area contributed by atoms with Gasteiger partial charge in [-0.15, -0.1) is 24.0 Å². The van der Waals surface area contributed by atoms with Crippen LogP contribution in [0.15, 0.2) is 4.99 Å². The molecule has 2 rings (SSSR count). The predicted molar refractivity (Wildman–Crippen MR) is 105 cm³/mol. The van der Waals surface area contributed by atoms with Crippen LogP contribution in [0.4, 0.5) is 0 Å². The molecule has 21 heavy (non-hydrogen) atoms. The second-order valence-electron chi connectivity index (χ2n) is 6.10. The van der Waals surface area contributed by atoms with Gasteiger partial charge in [-0.3, -0.25) is 4.99 Å². The highest BCUT2D eigenvalue weighted by Crippen LogP contribution is 2.34. The molecule has 2 aliphatic rings. The van der Waals surface area contributed by atoms with E-state index < -0.39 is 0 Å². The molecule has 2 atom stereocenters. The minimum Gasteiger partial charge on any atom is -0.357 e. The van der Waals surface area contributed by atoms with Crippen LogP contribution >= 0.6 is 35.7 Å². The first kappa shape index (κ1) is 19.4. The number of halogens is 1. The Balaban J connectivity index is 0.00000220. The number of likely N-dealkylation sites (N-methyl/N-ethyl adjacent to an activating group) is 1. The van der Waals surface area contributed by atoms with E-state index in [1.165, 1.54) is 31.4 Å². The molecule has 1 aliphatic heterocycles. The van der Waals surface area contributed by atoms with Crippen LogP contribution in [0.2, 0.25) is 0 Å². The molecule has 1 saturated heterocycles. The van der Waals surface area contributed by atoms with Crippen LogP contribution < -0.4 is 10.6 Å². The van der Waals surface area contributed by atoms with Crippen molar-refractivity contribution in [1.82, 2.24) is 15.5 Å². The van der Waals surface area contributed by atoms with Crippen molar-refractivity contribution >= 4 is 41.7 Å². The Bertz CT molecular complexity index is 313. The second-order valence-corrected chi connectivity index (χ2v) is 7.51. The molecule has 2 unspecified atom stereocenters. The highest BCUT2D eigenvalue weighted by Gasteiger charge is 2.32. The lowest BCUT2D eigenvalue weighted by Gasteiger charge is -2.23. The molecular formula is C15H31IN4S.